The van der Waals surface area contributed by atoms with Crippen LogP contribution in [0.2, 0.25) is 0 Å². The molecule has 4 aromatic carbocycles. The number of rotatable bonds is 2. The van der Waals surface area contributed by atoms with E-state index in [4.69, 9.17) is 0 Å². The fraction of sp³-hybridized carbons (Fsp3) is 0.408. The molecule has 2 aliphatic carbocycles. The van der Waals surface area contributed by atoms with Crippen LogP contribution in [0.5, 0.6) is 0 Å². The summed E-state index contributed by atoms with van der Waals surface area (Å²) < 4.78 is 1.47. The largest absolute Gasteiger partial charge is 0.273 e. The van der Waals surface area contributed by atoms with Crippen molar-refractivity contribution in [2.75, 3.05) is 0 Å². The summed E-state index contributed by atoms with van der Waals surface area (Å²) in [5.74, 6) is 0. The molecule has 0 spiro atoms. The van der Waals surface area contributed by atoms with Crippen LogP contribution in [0.4, 0.5) is 0 Å². The molecule has 3 heteroatoms. The third kappa shape index (κ3) is 11.6. The first-order valence-corrected chi connectivity index (χ1v) is 20.1. The second-order valence-corrected chi connectivity index (χ2v) is 20.0. The first-order valence-electron chi connectivity index (χ1n) is 18.3. The van der Waals surface area contributed by atoms with Gasteiger partial charge >= 0.3 is 150 Å². The molecule has 0 amide bonds. The van der Waals surface area contributed by atoms with Crippen molar-refractivity contribution in [3.05, 3.63) is 153 Å². The number of hydrogen-bond acceptors (Lipinski definition) is 0. The van der Waals surface area contributed by atoms with Gasteiger partial charge in [0.15, 0.2) is 0 Å². The minimum absolute atomic E-state index is 0. The van der Waals surface area contributed by atoms with Gasteiger partial charge in [0.1, 0.15) is 0 Å². The molecule has 0 heterocycles. The molecule has 4 aromatic rings. The Kier molecular flexibility index (Phi) is 15.8. The van der Waals surface area contributed by atoms with Gasteiger partial charge in [0.25, 0.3) is 0 Å². The summed E-state index contributed by atoms with van der Waals surface area (Å²) in [7, 11) is 0. The molecular weight excluding hydrogens is 838 g/mol. The van der Waals surface area contributed by atoms with Crippen LogP contribution >= 0.6 is 24.8 Å². The average Bonchev–Trinajstić information content (AvgIpc) is 3.70. The Hall–Kier alpha value is -2.32. The zero-order valence-corrected chi connectivity index (χ0v) is 39.5. The van der Waals surface area contributed by atoms with Gasteiger partial charge in [0.05, 0.1) is 0 Å². The van der Waals surface area contributed by atoms with Gasteiger partial charge in [0.2, 0.25) is 0 Å². The van der Waals surface area contributed by atoms with Crippen LogP contribution in [0.1, 0.15) is 145 Å². The van der Waals surface area contributed by atoms with Crippen LogP contribution in [0, 0.1) is 26.0 Å². The second-order valence-electron chi connectivity index (χ2n) is 18.2. The Morgan fingerprint density at radius 3 is 1.42 bits per heavy atom. The van der Waals surface area contributed by atoms with Crippen LogP contribution in [0.25, 0.3) is 11.1 Å². The van der Waals surface area contributed by atoms with Gasteiger partial charge in [-0.2, -0.15) is 23.8 Å². The zero-order chi connectivity index (χ0) is 37.2. The summed E-state index contributed by atoms with van der Waals surface area (Å²) >= 11 is 1.06. The number of fused-ring (bicyclic) bond motifs is 3. The van der Waals surface area contributed by atoms with E-state index >= 15 is 0 Å². The third-order valence-corrected chi connectivity index (χ3v) is 11.8. The minimum atomic E-state index is 0. The fourth-order valence-corrected chi connectivity index (χ4v) is 8.00. The van der Waals surface area contributed by atoms with E-state index in [0.29, 0.717) is 0 Å². The van der Waals surface area contributed by atoms with Gasteiger partial charge in [-0.3, -0.25) is 6.08 Å². The molecular formula is C49H62Cl2Hf. The first-order chi connectivity index (χ1) is 23.1. The Balaban J connectivity index is 0.000000307. The Morgan fingerprint density at radius 2 is 1.06 bits per heavy atom. The van der Waals surface area contributed by atoms with Crippen LogP contribution in [-0.2, 0) is 52.0 Å². The van der Waals surface area contributed by atoms with Crippen LogP contribution < -0.4 is 0 Å². The predicted octanol–water partition coefficient (Wildman–Crippen LogP) is 13.8. The molecule has 0 saturated carbocycles. The molecule has 0 aliphatic heterocycles. The van der Waals surface area contributed by atoms with E-state index in [1.54, 1.807) is 0 Å². The maximum atomic E-state index is 3.69. The molecule has 0 unspecified atom stereocenters. The van der Waals surface area contributed by atoms with Crippen molar-refractivity contribution in [2.24, 2.45) is 0 Å². The second kappa shape index (κ2) is 17.9. The minimum Gasteiger partial charge on any atom is -0.273 e. The molecule has 0 saturated heterocycles. The third-order valence-electron chi connectivity index (χ3n) is 9.74. The average molecular weight is 900 g/mol. The molecule has 52 heavy (non-hydrogen) atoms. The molecule has 0 aromatic heterocycles. The van der Waals surface area contributed by atoms with E-state index in [1.165, 1.54) is 70.0 Å². The number of benzene rings is 4. The monoisotopic (exact) mass is 900 g/mol. The van der Waals surface area contributed by atoms with Crippen LogP contribution in [0.15, 0.2) is 85.0 Å². The summed E-state index contributed by atoms with van der Waals surface area (Å²) in [6.07, 6.45) is 11.0. The molecule has 0 atom stereocenters. The van der Waals surface area contributed by atoms with E-state index in [2.05, 4.69) is 182 Å². The van der Waals surface area contributed by atoms with Gasteiger partial charge in [-0.15, -0.1) is 47.9 Å². The van der Waals surface area contributed by atoms with Crippen molar-refractivity contribution in [1.29, 1.82) is 0 Å². The summed E-state index contributed by atoms with van der Waals surface area (Å²) in [6.45, 7) is 31.8. The van der Waals surface area contributed by atoms with Crippen molar-refractivity contribution in [2.45, 2.75) is 131 Å². The Labute approximate surface area is 344 Å². The molecule has 0 bridgehead atoms. The quantitative estimate of drug-likeness (QED) is 0.122. The summed E-state index contributed by atoms with van der Waals surface area (Å²) in [4.78, 5) is 0. The standard InChI is InChI=1S/C23H29.C21H26.C5H5.2ClH.Hf/c1-14-9-16-11-17-10-15(2)21(23(6,7)8)13-19(17)18(16)12-20(14)22(3,4)5;1-20(2,3)18-11-7-16(8-12-18)15-17-9-13-19(14-10-17)21(4,5)6;1-2-4-5-3-1;;;/h9,12-13H,11H2,1-8H3;7-14H,1-6H3;1-3H,4H2;2*1H;/q-1;;-1;;;+2. The molecule has 0 nitrogen and oxygen atoms in total. The number of hydrogen-bond donors (Lipinski definition) is 0. The number of aryl methyl sites for hydroxylation is 2. The van der Waals surface area contributed by atoms with E-state index < -0.39 is 0 Å². The van der Waals surface area contributed by atoms with E-state index in [1.807, 2.05) is 12.2 Å². The van der Waals surface area contributed by atoms with Crippen molar-refractivity contribution in [3.63, 3.8) is 0 Å². The van der Waals surface area contributed by atoms with Gasteiger partial charge in [-0.05, 0) is 35.4 Å². The molecule has 0 radical (unpaired) electrons. The van der Waals surface area contributed by atoms with Crippen molar-refractivity contribution < 1.29 is 23.9 Å². The number of halogens is 2. The van der Waals surface area contributed by atoms with E-state index in [0.717, 1.165) is 36.7 Å². The fourth-order valence-electron chi connectivity index (χ4n) is 6.80. The molecule has 2 aliphatic rings. The van der Waals surface area contributed by atoms with Crippen molar-refractivity contribution >= 4 is 28.1 Å². The summed E-state index contributed by atoms with van der Waals surface area (Å²) in [6, 6.07) is 29.2. The van der Waals surface area contributed by atoms with Crippen LogP contribution in [0.3, 0.4) is 0 Å². The topological polar surface area (TPSA) is 0 Å². The SMILES string of the molecule is CC(C)(C)c1ccc([C](=[Hf+2])c2ccc(C(C)(C)C)cc2)cc1.Cc1[c-]c2c(cc1C(C)(C)C)-c1cc(C(C)(C)C)c(C)cc1C2.Cl.Cl.[C-]1=CC=CC1. The van der Waals surface area contributed by atoms with Crippen LogP contribution in [-0.4, -0.2) is 3.26 Å². The summed E-state index contributed by atoms with van der Waals surface area (Å²) in [5, 5.41) is 0. The smallest absolute Gasteiger partial charge is 0.0129 e. The Morgan fingerprint density at radius 1 is 0.596 bits per heavy atom. The maximum absolute atomic E-state index is 3.69. The predicted molar refractivity (Wildman–Crippen MR) is 230 cm³/mol. The molecule has 0 N–H and O–H groups in total. The maximum Gasteiger partial charge on any atom is -0.0129 e. The molecule has 276 valence electrons. The van der Waals surface area contributed by atoms with Gasteiger partial charge in [-0.1, -0.05) is 71.6 Å². The first kappa shape index (κ1) is 45.8. The van der Waals surface area contributed by atoms with Gasteiger partial charge in [-0.25, -0.2) is 12.2 Å². The van der Waals surface area contributed by atoms with Crippen molar-refractivity contribution in [3.8, 4) is 11.1 Å². The zero-order valence-electron chi connectivity index (χ0n) is 34.3. The normalized spacial score (nSPS) is 13.1. The van der Waals surface area contributed by atoms with Gasteiger partial charge in [0, 0.05) is 0 Å². The van der Waals surface area contributed by atoms with Gasteiger partial charge < -0.3 is 0 Å². The molecule has 6 rings (SSSR count). The summed E-state index contributed by atoms with van der Waals surface area (Å²) in [5.41, 5.74) is 17.6. The van der Waals surface area contributed by atoms with E-state index in [9.17, 15) is 0 Å². The Bertz CT molecular complexity index is 1740. The van der Waals surface area contributed by atoms with E-state index in [-0.39, 0.29) is 46.5 Å². The molecule has 0 fully saturated rings. The van der Waals surface area contributed by atoms with Crippen molar-refractivity contribution in [1.82, 2.24) is 0 Å². The number of allylic oxidation sites excluding steroid dienone is 4.